The van der Waals surface area contributed by atoms with Gasteiger partial charge in [0.25, 0.3) is 5.91 Å². The van der Waals surface area contributed by atoms with Gasteiger partial charge in [-0.1, -0.05) is 23.7 Å². The van der Waals surface area contributed by atoms with E-state index >= 15 is 0 Å². The number of benzene rings is 1. The van der Waals surface area contributed by atoms with Gasteiger partial charge in [-0.15, -0.1) is 0 Å². The number of halogens is 1. The van der Waals surface area contributed by atoms with Crippen LogP contribution < -0.4 is 0 Å². The molecule has 1 aromatic carbocycles. The molecule has 1 unspecified atom stereocenters. The van der Waals surface area contributed by atoms with Crippen LogP contribution in [-0.2, 0) is 9.53 Å². The first-order valence-corrected chi connectivity index (χ1v) is 8.66. The second kappa shape index (κ2) is 7.47. The van der Waals surface area contributed by atoms with Gasteiger partial charge < -0.3 is 14.7 Å². The molecule has 1 atom stereocenters. The maximum Gasteiger partial charge on any atom is 0.313 e. The number of likely N-dealkylation sites (tertiary alicyclic amines) is 1. The van der Waals surface area contributed by atoms with Crippen molar-refractivity contribution in [2.75, 3.05) is 26.8 Å². The third-order valence-electron chi connectivity index (χ3n) is 4.69. The van der Waals surface area contributed by atoms with E-state index in [4.69, 9.17) is 16.3 Å². The van der Waals surface area contributed by atoms with Crippen molar-refractivity contribution in [2.24, 2.45) is 5.41 Å². The number of hydrogen-bond donors (Lipinski definition) is 2. The number of methoxy groups -OCH3 is 1. The molecule has 3 rings (SSSR count). The maximum atomic E-state index is 12.8. The first kappa shape index (κ1) is 18.4. The van der Waals surface area contributed by atoms with Gasteiger partial charge in [0.1, 0.15) is 11.1 Å². The third-order valence-corrected chi connectivity index (χ3v) is 4.94. The zero-order chi connectivity index (χ0) is 18.7. The molecule has 26 heavy (non-hydrogen) atoms. The number of H-pyrrole nitrogens is 1. The molecule has 7 nitrogen and oxygen atoms in total. The van der Waals surface area contributed by atoms with E-state index in [1.165, 1.54) is 7.11 Å². The minimum atomic E-state index is -1.07. The standard InChI is InChI=1S/C18H20ClN3O4/c1-26-11-18(17(24)25)7-2-8-22(10-18)16(23)15-9-14(20-21-15)12-3-5-13(19)6-4-12/h3-6,9H,2,7-8,10-11H2,1H3,(H,20,21)(H,24,25). The number of hydrogen-bond acceptors (Lipinski definition) is 4. The van der Waals surface area contributed by atoms with Crippen molar-refractivity contribution < 1.29 is 19.4 Å². The van der Waals surface area contributed by atoms with Gasteiger partial charge in [-0.2, -0.15) is 5.10 Å². The summed E-state index contributed by atoms with van der Waals surface area (Å²) in [4.78, 5) is 26.1. The van der Waals surface area contributed by atoms with Crippen molar-refractivity contribution in [1.82, 2.24) is 15.1 Å². The van der Waals surface area contributed by atoms with Gasteiger partial charge in [-0.05, 0) is 31.0 Å². The Labute approximate surface area is 155 Å². The number of carboxylic acids is 1. The summed E-state index contributed by atoms with van der Waals surface area (Å²) < 4.78 is 5.10. The lowest BCUT2D eigenvalue weighted by Crippen LogP contribution is -2.52. The Balaban J connectivity index is 1.79. The third kappa shape index (κ3) is 3.59. The van der Waals surface area contributed by atoms with E-state index in [1.807, 2.05) is 12.1 Å². The Morgan fingerprint density at radius 1 is 1.38 bits per heavy atom. The molecule has 138 valence electrons. The van der Waals surface area contributed by atoms with Gasteiger partial charge >= 0.3 is 5.97 Å². The summed E-state index contributed by atoms with van der Waals surface area (Å²) in [6.07, 6.45) is 1.10. The van der Waals surface area contributed by atoms with E-state index in [0.29, 0.717) is 35.8 Å². The molecule has 1 aliphatic rings. The molecule has 0 radical (unpaired) electrons. The second-order valence-corrected chi connectivity index (χ2v) is 6.96. The number of amides is 1. The van der Waals surface area contributed by atoms with Gasteiger partial charge in [0, 0.05) is 30.8 Å². The molecule has 1 saturated heterocycles. The first-order chi connectivity index (χ1) is 12.4. The number of aromatic nitrogens is 2. The van der Waals surface area contributed by atoms with Crippen LogP contribution in [-0.4, -0.2) is 58.9 Å². The molecule has 1 fully saturated rings. The number of piperidine rings is 1. The Morgan fingerprint density at radius 3 is 2.77 bits per heavy atom. The van der Waals surface area contributed by atoms with Crippen LogP contribution in [0.15, 0.2) is 30.3 Å². The number of aromatic amines is 1. The average Bonchev–Trinajstić information content (AvgIpc) is 3.12. The van der Waals surface area contributed by atoms with E-state index in [-0.39, 0.29) is 19.1 Å². The van der Waals surface area contributed by atoms with Gasteiger partial charge in [0.2, 0.25) is 0 Å². The lowest BCUT2D eigenvalue weighted by Gasteiger charge is -2.39. The van der Waals surface area contributed by atoms with Crippen LogP contribution in [0, 0.1) is 5.41 Å². The van der Waals surface area contributed by atoms with Crippen molar-refractivity contribution in [3.05, 3.63) is 41.0 Å². The Hall–Kier alpha value is -2.38. The topological polar surface area (TPSA) is 95.5 Å². The minimum absolute atomic E-state index is 0.0745. The quantitative estimate of drug-likeness (QED) is 0.835. The van der Waals surface area contributed by atoms with E-state index in [0.717, 1.165) is 5.56 Å². The molecule has 2 heterocycles. The van der Waals surface area contributed by atoms with Crippen LogP contribution >= 0.6 is 11.6 Å². The highest BCUT2D eigenvalue weighted by molar-refractivity contribution is 6.30. The fourth-order valence-electron chi connectivity index (χ4n) is 3.31. The Morgan fingerprint density at radius 2 is 2.12 bits per heavy atom. The summed E-state index contributed by atoms with van der Waals surface area (Å²) >= 11 is 5.89. The van der Waals surface area contributed by atoms with Crippen molar-refractivity contribution in [1.29, 1.82) is 0 Å². The zero-order valence-corrected chi connectivity index (χ0v) is 15.1. The predicted octanol–water partition coefficient (Wildman–Crippen LogP) is 2.68. The lowest BCUT2D eigenvalue weighted by molar-refractivity contribution is -0.155. The smallest absolute Gasteiger partial charge is 0.313 e. The summed E-state index contributed by atoms with van der Waals surface area (Å²) in [6, 6.07) is 8.82. The number of carbonyl (C=O) groups excluding carboxylic acids is 1. The molecule has 1 aromatic heterocycles. The van der Waals surface area contributed by atoms with Crippen LogP contribution in [0.2, 0.25) is 5.02 Å². The first-order valence-electron chi connectivity index (χ1n) is 8.28. The lowest BCUT2D eigenvalue weighted by atomic mass is 9.80. The second-order valence-electron chi connectivity index (χ2n) is 6.52. The zero-order valence-electron chi connectivity index (χ0n) is 14.4. The van der Waals surface area contributed by atoms with E-state index in [9.17, 15) is 14.7 Å². The van der Waals surface area contributed by atoms with Crippen LogP contribution in [0.1, 0.15) is 23.3 Å². The molecule has 2 aromatic rings. The van der Waals surface area contributed by atoms with E-state index in [2.05, 4.69) is 10.2 Å². The highest BCUT2D eigenvalue weighted by Gasteiger charge is 2.44. The molecule has 0 aliphatic carbocycles. The molecular formula is C18H20ClN3O4. The summed E-state index contributed by atoms with van der Waals surface area (Å²) in [5.74, 6) is -1.21. The van der Waals surface area contributed by atoms with Crippen molar-refractivity contribution >= 4 is 23.5 Å². The van der Waals surface area contributed by atoms with Gasteiger partial charge in [-0.25, -0.2) is 0 Å². The average molecular weight is 378 g/mol. The Kier molecular flexibility index (Phi) is 5.29. The normalized spacial score (nSPS) is 20.2. The molecule has 8 heteroatoms. The van der Waals surface area contributed by atoms with Gasteiger partial charge in [-0.3, -0.25) is 14.7 Å². The van der Waals surface area contributed by atoms with Gasteiger partial charge in [0.15, 0.2) is 0 Å². The largest absolute Gasteiger partial charge is 0.481 e. The number of nitrogens with zero attached hydrogens (tertiary/aromatic N) is 2. The summed E-state index contributed by atoms with van der Waals surface area (Å²) in [5, 5.41) is 17.2. The summed E-state index contributed by atoms with van der Waals surface area (Å²) in [7, 11) is 1.47. The monoisotopic (exact) mass is 377 g/mol. The highest BCUT2D eigenvalue weighted by atomic mass is 35.5. The van der Waals surface area contributed by atoms with E-state index < -0.39 is 11.4 Å². The van der Waals surface area contributed by atoms with Crippen LogP contribution in [0.25, 0.3) is 11.3 Å². The summed E-state index contributed by atoms with van der Waals surface area (Å²) in [5.41, 5.74) is 0.724. The number of carboxylic acid groups (broad SMARTS) is 1. The fourth-order valence-corrected chi connectivity index (χ4v) is 3.43. The van der Waals surface area contributed by atoms with Crippen molar-refractivity contribution in [3.63, 3.8) is 0 Å². The highest BCUT2D eigenvalue weighted by Crippen LogP contribution is 2.31. The molecule has 0 saturated carbocycles. The predicted molar refractivity (Wildman–Crippen MR) is 96.1 cm³/mol. The van der Waals surface area contributed by atoms with Gasteiger partial charge in [0.05, 0.1) is 12.3 Å². The molecule has 2 N–H and O–H groups in total. The maximum absolute atomic E-state index is 12.8. The molecular weight excluding hydrogens is 358 g/mol. The molecule has 0 bridgehead atoms. The Bertz CT molecular complexity index is 801. The number of rotatable bonds is 5. The van der Waals surface area contributed by atoms with Crippen LogP contribution in [0.4, 0.5) is 0 Å². The van der Waals surface area contributed by atoms with Crippen LogP contribution in [0.5, 0.6) is 0 Å². The number of ether oxygens (including phenoxy) is 1. The molecule has 1 aliphatic heterocycles. The van der Waals surface area contributed by atoms with Crippen LogP contribution in [0.3, 0.4) is 0 Å². The SMILES string of the molecule is COCC1(C(=O)O)CCCN(C(=O)c2cc(-c3ccc(Cl)cc3)n[nH]2)C1. The number of carbonyl (C=O) groups is 2. The van der Waals surface area contributed by atoms with Crippen molar-refractivity contribution in [3.8, 4) is 11.3 Å². The van der Waals surface area contributed by atoms with E-state index in [1.54, 1.807) is 23.1 Å². The number of aliphatic carboxylic acids is 1. The summed E-state index contributed by atoms with van der Waals surface area (Å²) in [6.45, 7) is 0.697. The minimum Gasteiger partial charge on any atom is -0.481 e. The molecule has 0 spiro atoms. The van der Waals surface area contributed by atoms with Crippen molar-refractivity contribution in [2.45, 2.75) is 12.8 Å². The molecule has 1 amide bonds. The number of nitrogens with one attached hydrogen (secondary N) is 1. The fraction of sp³-hybridized carbons (Fsp3) is 0.389.